The van der Waals surface area contributed by atoms with E-state index in [1.165, 1.54) is 4.90 Å². The molecule has 40 heavy (non-hydrogen) atoms. The molecule has 9 heteroatoms. The van der Waals surface area contributed by atoms with Gasteiger partial charge in [0.15, 0.2) is 0 Å². The zero-order valence-electron chi connectivity index (χ0n) is 22.8. The Bertz CT molecular complexity index is 1510. The molecule has 5 unspecified atom stereocenters. The number of hydrogen-bond donors (Lipinski definition) is 2. The van der Waals surface area contributed by atoms with Gasteiger partial charge in [0.2, 0.25) is 23.6 Å². The van der Waals surface area contributed by atoms with Gasteiger partial charge in [-0.05, 0) is 41.5 Å². The Kier molecular flexibility index (Phi) is 6.40. The number of nitrogens with two attached hydrogens (primary N) is 1. The molecule has 208 valence electrons. The van der Waals surface area contributed by atoms with Gasteiger partial charge in [-0.25, -0.2) is 0 Å². The van der Waals surface area contributed by atoms with Crippen LogP contribution < -0.4 is 5.73 Å². The number of aryl methyl sites for hydroxylation is 1. The molecule has 0 spiro atoms. The van der Waals surface area contributed by atoms with E-state index in [1.54, 1.807) is 6.92 Å². The van der Waals surface area contributed by atoms with Crippen molar-refractivity contribution >= 4 is 38.9 Å². The molecule has 2 amide bonds. The van der Waals surface area contributed by atoms with Crippen molar-refractivity contribution < 1.29 is 19.1 Å². The minimum atomic E-state index is -1.27. The number of hydrogen-bond acceptors (Lipinski definition) is 7. The second-order valence-electron chi connectivity index (χ2n) is 11.6. The zero-order valence-corrected chi connectivity index (χ0v) is 24.4. The van der Waals surface area contributed by atoms with E-state index < -0.39 is 33.2 Å². The second-order valence-corrected chi connectivity index (χ2v) is 12.8. The second kappa shape index (κ2) is 9.46. The Balaban J connectivity index is 1.34. The standard InChI is InChI=1S/C31H33BrN4O4/c1-18-34-35-25(40-18)21(33)16-10-11-17-36-26(37)24-29(2)22(19-12-6-4-7-13-19)23(20-14-8-5-9-15-20)30(3,27(29)38)31(24,32)28(36)39/h4-9,12-15,21,24,27,38H,10-11,16-17,33H2,1-3H3/t21-,24?,27?,29?,30?,31?/m0/s1. The van der Waals surface area contributed by atoms with Crippen LogP contribution in [0, 0.1) is 23.7 Å². The van der Waals surface area contributed by atoms with Crippen molar-refractivity contribution in [2.45, 2.75) is 56.5 Å². The summed E-state index contributed by atoms with van der Waals surface area (Å²) in [5, 5.41) is 19.9. The van der Waals surface area contributed by atoms with E-state index in [1.807, 2.05) is 74.5 Å². The molecule has 3 N–H and O–H groups in total. The van der Waals surface area contributed by atoms with E-state index in [0.29, 0.717) is 31.0 Å². The number of imide groups is 1. The number of aliphatic hydroxyl groups excluding tert-OH is 1. The Labute approximate surface area is 241 Å². The van der Waals surface area contributed by atoms with E-state index in [4.69, 9.17) is 10.2 Å². The Hall–Kier alpha value is -3.14. The number of unbranched alkanes of at least 4 members (excludes halogenated alkanes) is 1. The molecule has 2 aromatic carbocycles. The summed E-state index contributed by atoms with van der Waals surface area (Å²) in [6.07, 6.45) is 0.918. The van der Waals surface area contributed by atoms with Crippen LogP contribution >= 0.6 is 15.9 Å². The van der Waals surface area contributed by atoms with Crippen molar-refractivity contribution in [3.8, 4) is 0 Å². The van der Waals surface area contributed by atoms with E-state index in [2.05, 4.69) is 26.1 Å². The minimum Gasteiger partial charge on any atom is -0.424 e. The first kappa shape index (κ1) is 27.1. The summed E-state index contributed by atoms with van der Waals surface area (Å²) >= 11 is 3.86. The van der Waals surface area contributed by atoms with Gasteiger partial charge in [0, 0.05) is 24.3 Å². The van der Waals surface area contributed by atoms with E-state index in [9.17, 15) is 14.7 Å². The zero-order chi connectivity index (χ0) is 28.4. The number of halogens is 1. The van der Waals surface area contributed by atoms with Gasteiger partial charge in [-0.2, -0.15) is 0 Å². The topological polar surface area (TPSA) is 123 Å². The predicted octanol–water partition coefficient (Wildman–Crippen LogP) is 4.68. The largest absolute Gasteiger partial charge is 0.424 e. The molecule has 6 atom stereocenters. The summed E-state index contributed by atoms with van der Waals surface area (Å²) in [4.78, 5) is 29.8. The lowest BCUT2D eigenvalue weighted by Gasteiger charge is -2.42. The highest BCUT2D eigenvalue weighted by molar-refractivity contribution is 9.10. The number of aliphatic hydroxyl groups is 1. The molecule has 2 fully saturated rings. The molecule has 1 aliphatic heterocycles. The van der Waals surface area contributed by atoms with Gasteiger partial charge in [0.05, 0.1) is 18.1 Å². The van der Waals surface area contributed by atoms with Crippen molar-refractivity contribution in [3.63, 3.8) is 0 Å². The maximum atomic E-state index is 14.2. The molecule has 0 radical (unpaired) electrons. The maximum absolute atomic E-state index is 14.2. The van der Waals surface area contributed by atoms with Crippen LogP contribution in [0.1, 0.15) is 62.1 Å². The van der Waals surface area contributed by atoms with Crippen LogP contribution in [0.5, 0.6) is 0 Å². The van der Waals surface area contributed by atoms with Gasteiger partial charge >= 0.3 is 0 Å². The first-order valence-corrected chi connectivity index (χ1v) is 14.5. The van der Waals surface area contributed by atoms with Crippen molar-refractivity contribution in [1.82, 2.24) is 15.1 Å². The molecular formula is C31H33BrN4O4. The molecule has 2 heterocycles. The summed E-state index contributed by atoms with van der Waals surface area (Å²) in [6, 6.07) is 19.4. The average Bonchev–Trinajstić information content (AvgIpc) is 3.57. The van der Waals surface area contributed by atoms with Crippen LogP contribution in [0.3, 0.4) is 0 Å². The molecule has 3 aromatic rings. The fourth-order valence-electron chi connectivity index (χ4n) is 7.56. The third-order valence-corrected chi connectivity index (χ3v) is 11.0. The van der Waals surface area contributed by atoms with Crippen molar-refractivity contribution in [1.29, 1.82) is 0 Å². The number of carbonyl (C=O) groups excluding carboxylic acids is 2. The van der Waals surface area contributed by atoms with E-state index >= 15 is 0 Å². The number of amides is 2. The van der Waals surface area contributed by atoms with E-state index in [-0.39, 0.29) is 18.4 Å². The van der Waals surface area contributed by atoms with Gasteiger partial charge in [-0.15, -0.1) is 10.2 Å². The van der Waals surface area contributed by atoms with Crippen LogP contribution in [0.4, 0.5) is 0 Å². The van der Waals surface area contributed by atoms with Crippen molar-refractivity contribution in [2.75, 3.05) is 6.54 Å². The smallest absolute Gasteiger partial charge is 0.247 e. The average molecular weight is 606 g/mol. The highest BCUT2D eigenvalue weighted by Crippen LogP contribution is 2.79. The number of benzene rings is 2. The van der Waals surface area contributed by atoms with Gasteiger partial charge in [-0.3, -0.25) is 14.5 Å². The Morgan fingerprint density at radius 2 is 1.60 bits per heavy atom. The fraction of sp³-hybridized carbons (Fsp3) is 0.419. The van der Waals surface area contributed by atoms with Crippen LogP contribution in [-0.4, -0.2) is 49.0 Å². The van der Waals surface area contributed by atoms with Crippen LogP contribution in [0.2, 0.25) is 0 Å². The van der Waals surface area contributed by atoms with Gasteiger partial charge in [-0.1, -0.05) is 90.4 Å². The SMILES string of the molecule is Cc1nnc([C@@H](N)CCCCN2C(=O)C3C4(C)C(c5ccccc5)=C(c5ccccc5)C(C)(C4O)C3(Br)C2=O)o1. The van der Waals surface area contributed by atoms with Gasteiger partial charge in [0.1, 0.15) is 4.32 Å². The highest BCUT2D eigenvalue weighted by atomic mass is 79.9. The summed E-state index contributed by atoms with van der Waals surface area (Å²) in [7, 11) is 0. The highest BCUT2D eigenvalue weighted by Gasteiger charge is 2.85. The lowest BCUT2D eigenvalue weighted by molar-refractivity contribution is -0.142. The number of fused-ring (bicyclic) bond motifs is 5. The maximum Gasteiger partial charge on any atom is 0.247 e. The first-order chi connectivity index (χ1) is 19.1. The summed E-state index contributed by atoms with van der Waals surface area (Å²) < 4.78 is 4.16. The fourth-order valence-corrected chi connectivity index (χ4v) is 8.86. The quantitative estimate of drug-likeness (QED) is 0.217. The lowest BCUT2D eigenvalue weighted by Crippen LogP contribution is -2.51. The Morgan fingerprint density at radius 3 is 2.17 bits per heavy atom. The predicted molar refractivity (Wildman–Crippen MR) is 154 cm³/mol. The number of alkyl halides is 1. The summed E-state index contributed by atoms with van der Waals surface area (Å²) in [5.74, 6) is -0.433. The third kappa shape index (κ3) is 3.44. The lowest BCUT2D eigenvalue weighted by atomic mass is 9.63. The molecule has 8 nitrogen and oxygen atoms in total. The first-order valence-electron chi connectivity index (χ1n) is 13.7. The summed E-state index contributed by atoms with van der Waals surface area (Å²) in [5.41, 5.74) is 7.90. The van der Waals surface area contributed by atoms with E-state index in [0.717, 1.165) is 22.3 Å². The van der Waals surface area contributed by atoms with Crippen LogP contribution in [-0.2, 0) is 9.59 Å². The molecule has 3 aliphatic rings. The summed E-state index contributed by atoms with van der Waals surface area (Å²) in [6.45, 7) is 5.87. The van der Waals surface area contributed by atoms with Crippen molar-refractivity contribution in [3.05, 3.63) is 83.6 Å². The van der Waals surface area contributed by atoms with Crippen LogP contribution in [0.15, 0.2) is 65.1 Å². The Morgan fingerprint density at radius 1 is 1.00 bits per heavy atom. The van der Waals surface area contributed by atoms with Gasteiger partial charge in [0.25, 0.3) is 0 Å². The number of likely N-dealkylation sites (tertiary alicyclic amines) is 1. The van der Waals surface area contributed by atoms with Crippen molar-refractivity contribution in [2.24, 2.45) is 22.5 Å². The monoisotopic (exact) mass is 604 g/mol. The number of nitrogens with zero attached hydrogens (tertiary/aromatic N) is 3. The normalized spacial score (nSPS) is 31.8. The molecule has 1 saturated carbocycles. The van der Waals surface area contributed by atoms with Crippen LogP contribution in [0.25, 0.3) is 11.1 Å². The number of carbonyl (C=O) groups is 2. The molecule has 6 rings (SSSR count). The molecule has 1 saturated heterocycles. The minimum absolute atomic E-state index is 0.246. The molecule has 1 aromatic heterocycles. The molecule has 2 bridgehead atoms. The third-order valence-electron chi connectivity index (χ3n) is 9.38. The number of aromatic nitrogens is 2. The van der Waals surface area contributed by atoms with Gasteiger partial charge < -0.3 is 15.3 Å². The number of rotatable bonds is 8. The molecular weight excluding hydrogens is 572 g/mol. The molecule has 2 aliphatic carbocycles.